The van der Waals surface area contributed by atoms with Crippen molar-refractivity contribution in [3.63, 3.8) is 0 Å². The lowest BCUT2D eigenvalue weighted by molar-refractivity contribution is 0.0949. The summed E-state index contributed by atoms with van der Waals surface area (Å²) in [5, 5.41) is 2.96. The van der Waals surface area contributed by atoms with Gasteiger partial charge in [0.05, 0.1) is 4.90 Å². The fraction of sp³-hybridized carbons (Fsp3) is 0.588. The highest BCUT2D eigenvalue weighted by molar-refractivity contribution is 7.90. The number of benzene rings is 1. The first-order valence-corrected chi connectivity index (χ1v) is 9.91. The lowest BCUT2D eigenvalue weighted by Gasteiger charge is -2.21. The number of sulfone groups is 1. The van der Waals surface area contributed by atoms with Crippen LogP contribution in [0.4, 0.5) is 0 Å². The van der Waals surface area contributed by atoms with Gasteiger partial charge >= 0.3 is 0 Å². The molecule has 2 aliphatic carbocycles. The Bertz CT molecular complexity index is 651. The zero-order valence-electron chi connectivity index (χ0n) is 12.9. The first kappa shape index (κ1) is 15.5. The Morgan fingerprint density at radius 2 is 1.91 bits per heavy atom. The van der Waals surface area contributed by atoms with Crippen LogP contribution in [0.1, 0.15) is 42.5 Å². The summed E-state index contributed by atoms with van der Waals surface area (Å²) in [5.74, 6) is 2.49. The van der Waals surface area contributed by atoms with Crippen molar-refractivity contribution < 1.29 is 13.2 Å². The third-order valence-electron chi connectivity index (χ3n) is 5.23. The van der Waals surface area contributed by atoms with E-state index in [2.05, 4.69) is 5.32 Å². The Morgan fingerprint density at radius 3 is 2.45 bits per heavy atom. The molecule has 2 aliphatic rings. The topological polar surface area (TPSA) is 63.2 Å². The molecule has 5 heteroatoms. The molecule has 3 atom stereocenters. The number of rotatable bonds is 5. The standard InChI is InChI=1S/C17H23NO3S/c1-22(20,21)16-6-4-13(5-7-16)17(19)18-9-8-15-11-12-2-3-14(15)10-12/h4-7,12,14-15H,2-3,8-11H2,1H3,(H,18,19)/t12-,14-,15-/m0/s1. The van der Waals surface area contributed by atoms with Crippen LogP contribution in [0.3, 0.4) is 0 Å². The molecule has 0 saturated heterocycles. The second kappa shape index (κ2) is 6.03. The van der Waals surface area contributed by atoms with Crippen molar-refractivity contribution in [2.24, 2.45) is 17.8 Å². The predicted molar refractivity (Wildman–Crippen MR) is 85.4 cm³/mol. The van der Waals surface area contributed by atoms with Crippen LogP contribution in [-0.2, 0) is 9.84 Å². The Morgan fingerprint density at radius 1 is 1.18 bits per heavy atom. The van der Waals surface area contributed by atoms with Crippen molar-refractivity contribution in [3.05, 3.63) is 29.8 Å². The molecule has 120 valence electrons. The van der Waals surface area contributed by atoms with Gasteiger partial charge in [-0.05, 0) is 67.7 Å². The molecule has 1 aromatic rings. The van der Waals surface area contributed by atoms with Gasteiger partial charge in [-0.1, -0.05) is 6.42 Å². The quantitative estimate of drug-likeness (QED) is 0.907. The average Bonchev–Trinajstić information content (AvgIpc) is 3.09. The van der Waals surface area contributed by atoms with E-state index in [4.69, 9.17) is 0 Å². The molecule has 1 N–H and O–H groups in total. The van der Waals surface area contributed by atoms with Gasteiger partial charge in [0.25, 0.3) is 5.91 Å². The van der Waals surface area contributed by atoms with Gasteiger partial charge < -0.3 is 5.32 Å². The largest absolute Gasteiger partial charge is 0.352 e. The number of carbonyl (C=O) groups excluding carboxylic acids is 1. The highest BCUT2D eigenvalue weighted by Crippen LogP contribution is 2.49. The molecule has 0 aromatic heterocycles. The number of carbonyl (C=O) groups is 1. The van der Waals surface area contributed by atoms with Crippen LogP contribution in [0.2, 0.25) is 0 Å². The van der Waals surface area contributed by atoms with Gasteiger partial charge in [0.1, 0.15) is 0 Å². The van der Waals surface area contributed by atoms with E-state index >= 15 is 0 Å². The molecule has 2 saturated carbocycles. The number of hydrogen-bond donors (Lipinski definition) is 1. The average molecular weight is 321 g/mol. The van der Waals surface area contributed by atoms with E-state index in [0.29, 0.717) is 12.1 Å². The van der Waals surface area contributed by atoms with E-state index in [1.54, 1.807) is 12.1 Å². The predicted octanol–water partition coefficient (Wildman–Crippen LogP) is 2.65. The lowest BCUT2D eigenvalue weighted by atomic mass is 9.86. The van der Waals surface area contributed by atoms with Gasteiger partial charge in [0.15, 0.2) is 9.84 Å². The monoisotopic (exact) mass is 321 g/mol. The molecule has 2 fully saturated rings. The van der Waals surface area contributed by atoms with Crippen LogP contribution < -0.4 is 5.32 Å². The molecule has 22 heavy (non-hydrogen) atoms. The first-order valence-electron chi connectivity index (χ1n) is 8.02. The van der Waals surface area contributed by atoms with Crippen LogP contribution in [-0.4, -0.2) is 27.1 Å². The fourth-order valence-corrected chi connectivity index (χ4v) is 4.69. The summed E-state index contributed by atoms with van der Waals surface area (Å²) in [5.41, 5.74) is 0.514. The maximum atomic E-state index is 12.1. The summed E-state index contributed by atoms with van der Waals surface area (Å²) < 4.78 is 22.8. The Hall–Kier alpha value is -1.36. The molecule has 0 aliphatic heterocycles. The molecular formula is C17H23NO3S. The Kier molecular flexibility index (Phi) is 4.26. The third kappa shape index (κ3) is 3.35. The number of nitrogens with one attached hydrogen (secondary N) is 1. The molecular weight excluding hydrogens is 298 g/mol. The van der Waals surface area contributed by atoms with Gasteiger partial charge in [-0.15, -0.1) is 0 Å². The molecule has 0 unspecified atom stereocenters. The second-order valence-electron chi connectivity index (χ2n) is 6.78. The summed E-state index contributed by atoms with van der Waals surface area (Å²) >= 11 is 0. The van der Waals surface area contributed by atoms with Gasteiger partial charge in [0, 0.05) is 18.4 Å². The number of amides is 1. The molecule has 3 rings (SSSR count). The minimum atomic E-state index is -3.21. The van der Waals surface area contributed by atoms with Crippen LogP contribution >= 0.6 is 0 Å². The van der Waals surface area contributed by atoms with Gasteiger partial charge in [0.2, 0.25) is 0 Å². The fourth-order valence-electron chi connectivity index (χ4n) is 4.06. The molecule has 0 radical (unpaired) electrons. The van der Waals surface area contributed by atoms with Crippen LogP contribution in [0.5, 0.6) is 0 Å². The smallest absolute Gasteiger partial charge is 0.251 e. The maximum absolute atomic E-state index is 12.1. The van der Waals surface area contributed by atoms with E-state index in [9.17, 15) is 13.2 Å². The van der Waals surface area contributed by atoms with E-state index in [1.807, 2.05) is 0 Å². The molecule has 1 aromatic carbocycles. The van der Waals surface area contributed by atoms with Crippen molar-refractivity contribution in [3.8, 4) is 0 Å². The van der Waals surface area contributed by atoms with Crippen LogP contribution in [0.25, 0.3) is 0 Å². The van der Waals surface area contributed by atoms with Gasteiger partial charge in [-0.2, -0.15) is 0 Å². The summed E-state index contributed by atoms with van der Waals surface area (Å²) in [6.45, 7) is 0.709. The maximum Gasteiger partial charge on any atom is 0.251 e. The highest BCUT2D eigenvalue weighted by Gasteiger charge is 2.38. The molecule has 1 amide bonds. The molecule has 0 heterocycles. The normalized spacial score (nSPS) is 27.0. The minimum absolute atomic E-state index is 0.122. The lowest BCUT2D eigenvalue weighted by Crippen LogP contribution is -2.27. The van der Waals surface area contributed by atoms with Crippen molar-refractivity contribution in [2.75, 3.05) is 12.8 Å². The second-order valence-corrected chi connectivity index (χ2v) is 8.79. The SMILES string of the molecule is CS(=O)(=O)c1ccc(C(=O)NCC[C@H]2C[C@H]3CC[C@H]2C3)cc1. The summed E-state index contributed by atoms with van der Waals surface area (Å²) in [6.07, 6.45) is 7.73. The molecule has 4 nitrogen and oxygen atoms in total. The summed E-state index contributed by atoms with van der Waals surface area (Å²) in [6, 6.07) is 6.12. The highest BCUT2D eigenvalue weighted by atomic mass is 32.2. The Balaban J connectivity index is 1.49. The van der Waals surface area contributed by atoms with E-state index in [-0.39, 0.29) is 10.8 Å². The summed E-state index contributed by atoms with van der Waals surface area (Å²) in [7, 11) is -3.21. The molecule has 2 bridgehead atoms. The van der Waals surface area contributed by atoms with Crippen LogP contribution in [0.15, 0.2) is 29.2 Å². The number of hydrogen-bond acceptors (Lipinski definition) is 3. The van der Waals surface area contributed by atoms with Crippen molar-refractivity contribution in [1.29, 1.82) is 0 Å². The van der Waals surface area contributed by atoms with E-state index in [1.165, 1.54) is 37.8 Å². The van der Waals surface area contributed by atoms with Crippen molar-refractivity contribution >= 4 is 15.7 Å². The minimum Gasteiger partial charge on any atom is -0.352 e. The zero-order chi connectivity index (χ0) is 15.7. The number of fused-ring (bicyclic) bond motifs is 2. The Labute approximate surface area is 132 Å². The van der Waals surface area contributed by atoms with E-state index < -0.39 is 9.84 Å². The third-order valence-corrected chi connectivity index (χ3v) is 6.36. The van der Waals surface area contributed by atoms with E-state index in [0.717, 1.165) is 30.4 Å². The zero-order valence-corrected chi connectivity index (χ0v) is 13.7. The summed E-state index contributed by atoms with van der Waals surface area (Å²) in [4.78, 5) is 12.3. The van der Waals surface area contributed by atoms with Gasteiger partial charge in [-0.25, -0.2) is 8.42 Å². The van der Waals surface area contributed by atoms with Crippen molar-refractivity contribution in [2.45, 2.75) is 37.0 Å². The van der Waals surface area contributed by atoms with Crippen LogP contribution in [0, 0.1) is 17.8 Å². The molecule has 0 spiro atoms. The van der Waals surface area contributed by atoms with Crippen molar-refractivity contribution in [1.82, 2.24) is 5.32 Å². The van der Waals surface area contributed by atoms with Gasteiger partial charge in [-0.3, -0.25) is 4.79 Å². The first-order chi connectivity index (χ1) is 10.4.